The average Bonchev–Trinajstić information content (AvgIpc) is 2.99. The van der Waals surface area contributed by atoms with Gasteiger partial charge in [-0.1, -0.05) is 66.7 Å². The van der Waals surface area contributed by atoms with Crippen molar-refractivity contribution >= 4 is 11.9 Å². The predicted octanol–water partition coefficient (Wildman–Crippen LogP) is 5.06. The highest BCUT2D eigenvalue weighted by molar-refractivity contribution is 5.84. The summed E-state index contributed by atoms with van der Waals surface area (Å²) >= 11 is 0. The third-order valence-corrected chi connectivity index (χ3v) is 7.98. The summed E-state index contributed by atoms with van der Waals surface area (Å²) in [4.78, 5) is 27.9. The van der Waals surface area contributed by atoms with Gasteiger partial charge in [0.25, 0.3) is 5.91 Å². The van der Waals surface area contributed by atoms with E-state index in [4.69, 9.17) is 14.2 Å². The number of aliphatic carboxylic acids is 1. The minimum atomic E-state index is -0.982. The van der Waals surface area contributed by atoms with Crippen LogP contribution in [0.25, 0.3) is 0 Å². The number of carboxylic acid groups (broad SMARTS) is 1. The van der Waals surface area contributed by atoms with E-state index in [1.165, 1.54) is 0 Å². The fourth-order valence-electron chi connectivity index (χ4n) is 5.80. The van der Waals surface area contributed by atoms with Crippen LogP contribution in [0, 0.1) is 0 Å². The first-order chi connectivity index (χ1) is 19.9. The molecule has 0 saturated heterocycles. The number of rotatable bonds is 10. The number of aliphatic hydroxyl groups excluding tert-OH is 1. The summed E-state index contributed by atoms with van der Waals surface area (Å²) in [7, 11) is 1.58. The molecule has 8 nitrogen and oxygen atoms in total. The van der Waals surface area contributed by atoms with Gasteiger partial charge in [-0.3, -0.25) is 9.59 Å². The first-order valence-electron chi connectivity index (χ1n) is 14.2. The molecule has 2 aliphatic rings. The van der Waals surface area contributed by atoms with E-state index in [-0.39, 0.29) is 31.1 Å². The molecule has 41 heavy (non-hydrogen) atoms. The molecule has 1 heterocycles. The van der Waals surface area contributed by atoms with Crippen LogP contribution < -0.4 is 9.47 Å². The lowest BCUT2D eigenvalue weighted by Crippen LogP contribution is -2.48. The molecule has 0 unspecified atom stereocenters. The summed E-state index contributed by atoms with van der Waals surface area (Å²) in [6.07, 6.45) is 1.33. The Bertz CT molecular complexity index is 1320. The van der Waals surface area contributed by atoms with Crippen molar-refractivity contribution in [1.29, 1.82) is 0 Å². The molecule has 2 N–H and O–H groups in total. The molecule has 8 heteroatoms. The fraction of sp³-hybridized carbons (Fsp3) is 0.394. The van der Waals surface area contributed by atoms with Gasteiger partial charge in [0.05, 0.1) is 25.7 Å². The highest BCUT2D eigenvalue weighted by atomic mass is 16.5. The van der Waals surface area contributed by atoms with Crippen molar-refractivity contribution in [1.82, 2.24) is 4.90 Å². The summed E-state index contributed by atoms with van der Waals surface area (Å²) in [5.41, 5.74) is 3.47. The van der Waals surface area contributed by atoms with Crippen molar-refractivity contribution in [2.24, 2.45) is 0 Å². The highest BCUT2D eigenvalue weighted by Gasteiger charge is 2.39. The van der Waals surface area contributed by atoms with E-state index in [0.29, 0.717) is 50.2 Å². The molecule has 0 spiro atoms. The Hall–Kier alpha value is -3.88. The number of ether oxygens (including phenoxy) is 3. The zero-order valence-corrected chi connectivity index (χ0v) is 23.3. The van der Waals surface area contributed by atoms with E-state index in [0.717, 1.165) is 22.3 Å². The second kappa shape index (κ2) is 13.2. The van der Waals surface area contributed by atoms with Crippen molar-refractivity contribution < 1.29 is 34.0 Å². The lowest BCUT2D eigenvalue weighted by molar-refractivity contribution is -0.155. The van der Waals surface area contributed by atoms with Crippen LogP contribution in [0.1, 0.15) is 60.5 Å². The Morgan fingerprint density at radius 3 is 2.29 bits per heavy atom. The maximum Gasteiger partial charge on any atom is 0.305 e. The molecule has 1 amide bonds. The molecule has 2 atom stereocenters. The molecule has 1 aliphatic heterocycles. The van der Waals surface area contributed by atoms with Gasteiger partial charge in [0.15, 0.2) is 17.6 Å². The van der Waals surface area contributed by atoms with Crippen LogP contribution in [0.4, 0.5) is 0 Å². The number of hydrogen-bond acceptors (Lipinski definition) is 6. The molecular formula is C33H37NO7. The van der Waals surface area contributed by atoms with Crippen LogP contribution >= 0.6 is 0 Å². The van der Waals surface area contributed by atoms with Gasteiger partial charge in [0, 0.05) is 18.2 Å². The zero-order chi connectivity index (χ0) is 28.8. The van der Waals surface area contributed by atoms with Crippen molar-refractivity contribution in [2.45, 2.75) is 76.0 Å². The van der Waals surface area contributed by atoms with Crippen LogP contribution in [-0.2, 0) is 33.9 Å². The molecule has 3 aromatic rings. The molecule has 3 aromatic carbocycles. The molecule has 5 rings (SSSR count). The Balaban J connectivity index is 1.45. The van der Waals surface area contributed by atoms with E-state index >= 15 is 0 Å². The van der Waals surface area contributed by atoms with Crippen LogP contribution in [0.2, 0.25) is 0 Å². The summed E-state index contributed by atoms with van der Waals surface area (Å²) < 4.78 is 18.3. The van der Waals surface area contributed by atoms with E-state index in [1.54, 1.807) is 12.0 Å². The first-order valence-corrected chi connectivity index (χ1v) is 14.2. The first kappa shape index (κ1) is 28.6. The predicted molar refractivity (Wildman–Crippen MR) is 153 cm³/mol. The summed E-state index contributed by atoms with van der Waals surface area (Å²) in [6, 6.07) is 22.3. The number of hydrogen-bond donors (Lipinski definition) is 2. The Morgan fingerprint density at radius 1 is 0.951 bits per heavy atom. The Kier molecular flexibility index (Phi) is 9.21. The summed E-state index contributed by atoms with van der Waals surface area (Å²) in [5.74, 6) is -0.0994. The van der Waals surface area contributed by atoms with E-state index in [1.807, 2.05) is 72.8 Å². The minimum Gasteiger partial charge on any atom is -0.493 e. The third-order valence-electron chi connectivity index (χ3n) is 7.98. The van der Waals surface area contributed by atoms with Gasteiger partial charge in [-0.25, -0.2) is 0 Å². The molecule has 0 bridgehead atoms. The van der Waals surface area contributed by atoms with Crippen molar-refractivity contribution in [2.75, 3.05) is 7.11 Å². The second-order valence-electron chi connectivity index (χ2n) is 10.8. The van der Waals surface area contributed by atoms with Gasteiger partial charge < -0.3 is 29.3 Å². The number of nitrogens with zero attached hydrogens (tertiary/aromatic N) is 1. The molecule has 0 radical (unpaired) electrons. The van der Waals surface area contributed by atoms with Crippen LogP contribution in [-0.4, -0.2) is 52.3 Å². The quantitative estimate of drug-likeness (QED) is 0.358. The van der Waals surface area contributed by atoms with Gasteiger partial charge in [-0.05, 0) is 54.9 Å². The molecule has 0 aromatic heterocycles. The van der Waals surface area contributed by atoms with Gasteiger partial charge >= 0.3 is 5.97 Å². The SMILES string of the molecule is COc1ccc2c(c1OCc1ccccc1)C[C@H](CC(=O)O)N(C(=O)[C@H](OC1CCC(O)CC1)c1ccccc1)C2. The van der Waals surface area contributed by atoms with Crippen LogP contribution in [0.3, 0.4) is 0 Å². The smallest absolute Gasteiger partial charge is 0.305 e. The molecule has 1 fully saturated rings. The van der Waals surface area contributed by atoms with Gasteiger partial charge in [0.1, 0.15) is 6.61 Å². The van der Waals surface area contributed by atoms with Gasteiger partial charge in [-0.2, -0.15) is 0 Å². The van der Waals surface area contributed by atoms with Gasteiger partial charge in [-0.15, -0.1) is 0 Å². The van der Waals surface area contributed by atoms with Crippen LogP contribution in [0.5, 0.6) is 11.5 Å². The van der Waals surface area contributed by atoms with Gasteiger partial charge in [0.2, 0.25) is 0 Å². The lowest BCUT2D eigenvalue weighted by Gasteiger charge is -2.40. The second-order valence-corrected chi connectivity index (χ2v) is 10.8. The number of fused-ring (bicyclic) bond motifs is 1. The van der Waals surface area contributed by atoms with Crippen molar-refractivity contribution in [3.63, 3.8) is 0 Å². The van der Waals surface area contributed by atoms with Crippen molar-refractivity contribution in [3.05, 3.63) is 95.1 Å². The topological polar surface area (TPSA) is 106 Å². The fourth-order valence-corrected chi connectivity index (χ4v) is 5.80. The summed E-state index contributed by atoms with van der Waals surface area (Å²) in [6.45, 7) is 0.563. The van der Waals surface area contributed by atoms with E-state index in [9.17, 15) is 19.8 Å². The highest BCUT2D eigenvalue weighted by Crippen LogP contribution is 2.40. The molecule has 1 saturated carbocycles. The minimum absolute atomic E-state index is 0.162. The molecule has 1 aliphatic carbocycles. The van der Waals surface area contributed by atoms with E-state index in [2.05, 4.69) is 0 Å². The lowest BCUT2D eigenvalue weighted by atomic mass is 9.90. The summed E-state index contributed by atoms with van der Waals surface area (Å²) in [5, 5.41) is 19.8. The standard InChI is InChI=1S/C33H37NO7/c1-39-29-17-12-24-20-34(25(19-30(36)37)18-28(24)32(29)40-21-22-8-4-2-5-9-22)33(38)31(23-10-6-3-7-11-23)41-27-15-13-26(35)14-16-27/h2-12,17,25-27,31,35H,13-16,18-21H2,1H3,(H,36,37)/t25-,26?,27?,31-/m1/s1. The Labute approximate surface area is 240 Å². The number of carbonyl (C=O) groups is 2. The molecule has 216 valence electrons. The monoisotopic (exact) mass is 559 g/mol. The maximum atomic E-state index is 14.3. The zero-order valence-electron chi connectivity index (χ0n) is 23.3. The Morgan fingerprint density at radius 2 is 1.63 bits per heavy atom. The van der Waals surface area contributed by atoms with Crippen molar-refractivity contribution in [3.8, 4) is 11.5 Å². The normalized spacial score (nSPS) is 21.0. The number of amides is 1. The average molecular weight is 560 g/mol. The number of aliphatic hydroxyl groups is 1. The third kappa shape index (κ3) is 6.89. The van der Waals surface area contributed by atoms with Crippen LogP contribution in [0.15, 0.2) is 72.8 Å². The number of methoxy groups -OCH3 is 1. The molecular weight excluding hydrogens is 522 g/mol. The number of benzene rings is 3. The maximum absolute atomic E-state index is 14.3. The number of carbonyl (C=O) groups excluding carboxylic acids is 1. The largest absolute Gasteiger partial charge is 0.493 e. The van der Waals surface area contributed by atoms with E-state index < -0.39 is 18.1 Å². The number of carboxylic acids is 1.